The molecular weight excluding hydrogens is 378 g/mol. The summed E-state index contributed by atoms with van der Waals surface area (Å²) >= 11 is 3.32. The molecule has 0 aliphatic carbocycles. The van der Waals surface area contributed by atoms with Gasteiger partial charge in [0.25, 0.3) is 0 Å². The minimum Gasteiger partial charge on any atom is -0.359 e. The van der Waals surface area contributed by atoms with Gasteiger partial charge >= 0.3 is 0 Å². The monoisotopic (exact) mass is 388 g/mol. The van der Waals surface area contributed by atoms with Crippen LogP contribution >= 0.6 is 15.9 Å². The lowest BCUT2D eigenvalue weighted by Gasteiger charge is -1.98. The lowest BCUT2D eigenvalue weighted by atomic mass is 10.2. The van der Waals surface area contributed by atoms with Gasteiger partial charge in [0, 0.05) is 33.7 Å². The Kier molecular flexibility index (Phi) is 4.66. The molecule has 120 valence electrons. The van der Waals surface area contributed by atoms with E-state index in [9.17, 15) is 13.6 Å². The van der Waals surface area contributed by atoms with Gasteiger partial charge in [0.2, 0.25) is 0 Å². The van der Waals surface area contributed by atoms with Gasteiger partial charge in [-0.2, -0.15) is 0 Å². The van der Waals surface area contributed by atoms with Gasteiger partial charge in [-0.05, 0) is 24.3 Å². The van der Waals surface area contributed by atoms with Crippen molar-refractivity contribution in [1.29, 1.82) is 0 Å². The first kappa shape index (κ1) is 16.3. The van der Waals surface area contributed by atoms with Gasteiger partial charge in [0.1, 0.15) is 17.2 Å². The quantitative estimate of drug-likeness (QED) is 0.470. The van der Waals surface area contributed by atoms with Crippen molar-refractivity contribution in [2.45, 2.75) is 0 Å². The number of H-pyrrole nitrogens is 1. The maximum Gasteiger partial charge on any atom is 0.189 e. The zero-order valence-corrected chi connectivity index (χ0v) is 13.8. The van der Waals surface area contributed by atoms with E-state index in [2.05, 4.69) is 25.9 Å². The predicted molar refractivity (Wildman–Crippen MR) is 93.9 cm³/mol. The average Bonchev–Trinajstić information content (AvgIpc) is 2.58. The van der Waals surface area contributed by atoms with Crippen LogP contribution in [0, 0.1) is 11.6 Å². The molecule has 6 heteroatoms. The summed E-state index contributed by atoms with van der Waals surface area (Å²) in [6, 6.07) is 12.5. The van der Waals surface area contributed by atoms with Crippen LogP contribution in [0.4, 0.5) is 8.78 Å². The van der Waals surface area contributed by atoms with E-state index >= 15 is 0 Å². The van der Waals surface area contributed by atoms with E-state index in [1.54, 1.807) is 24.4 Å². The second kappa shape index (κ2) is 6.88. The molecule has 1 N–H and O–H groups in total. The van der Waals surface area contributed by atoms with Crippen molar-refractivity contribution in [3.63, 3.8) is 0 Å². The predicted octanol–water partition coefficient (Wildman–Crippen LogP) is 4.80. The number of aromatic nitrogens is 2. The zero-order valence-electron chi connectivity index (χ0n) is 12.3. The Morgan fingerprint density at radius 2 is 1.62 bits per heavy atom. The fraction of sp³-hybridized carbons (Fsp3) is 0. The van der Waals surface area contributed by atoms with E-state index in [0.717, 1.165) is 9.86 Å². The third-order valence-corrected chi connectivity index (χ3v) is 4.10. The van der Waals surface area contributed by atoms with E-state index in [1.165, 1.54) is 30.5 Å². The molecule has 0 atom stereocenters. The van der Waals surface area contributed by atoms with Crippen molar-refractivity contribution < 1.29 is 8.78 Å². The molecular formula is C18H11BrF2N2O. The number of hydrogen-bond donors (Lipinski definition) is 1. The molecule has 0 bridgehead atoms. The van der Waals surface area contributed by atoms with Crippen molar-refractivity contribution in [3.8, 4) is 0 Å². The normalized spacial score (nSPS) is 10.5. The first-order valence-electron chi connectivity index (χ1n) is 7.02. The SMILES string of the molecule is Fc1cccc2c(Br)ccnc12.O=c1cc[nH]c2c(F)cccc12. The molecule has 4 aromatic rings. The molecule has 0 spiro atoms. The summed E-state index contributed by atoms with van der Waals surface area (Å²) in [5.41, 5.74) is 0.514. The number of nitrogens with zero attached hydrogens (tertiary/aromatic N) is 1. The molecule has 0 saturated heterocycles. The molecule has 24 heavy (non-hydrogen) atoms. The summed E-state index contributed by atoms with van der Waals surface area (Å²) in [6.07, 6.45) is 3.02. The van der Waals surface area contributed by atoms with Crippen LogP contribution in [0.15, 0.2) is 70.2 Å². The first-order valence-corrected chi connectivity index (χ1v) is 7.82. The minimum atomic E-state index is -0.398. The Labute approximate surface area is 144 Å². The molecule has 0 saturated carbocycles. The van der Waals surface area contributed by atoms with E-state index in [1.807, 2.05) is 6.07 Å². The number of halogens is 3. The minimum absolute atomic E-state index is 0.164. The molecule has 0 amide bonds. The number of aromatic amines is 1. The van der Waals surface area contributed by atoms with Gasteiger partial charge < -0.3 is 4.98 Å². The standard InChI is InChI=1S/C9H5BrFN.C9H6FNO/c10-7-4-5-12-9-6(7)2-1-3-8(9)11;10-7-3-1-2-6-8(12)4-5-11-9(6)7/h1-5H;1-5H,(H,11,12). The molecule has 3 nitrogen and oxygen atoms in total. The molecule has 0 radical (unpaired) electrons. The van der Waals surface area contributed by atoms with Gasteiger partial charge in [-0.3, -0.25) is 9.78 Å². The molecule has 0 unspecified atom stereocenters. The number of fused-ring (bicyclic) bond motifs is 2. The summed E-state index contributed by atoms with van der Waals surface area (Å²) < 4.78 is 26.9. The fourth-order valence-electron chi connectivity index (χ4n) is 2.27. The van der Waals surface area contributed by atoms with Crippen molar-refractivity contribution in [2.75, 3.05) is 0 Å². The largest absolute Gasteiger partial charge is 0.359 e. The van der Waals surface area contributed by atoms with Gasteiger partial charge in [0.05, 0.1) is 5.52 Å². The third-order valence-electron chi connectivity index (χ3n) is 3.41. The number of pyridine rings is 2. The van der Waals surface area contributed by atoms with Gasteiger partial charge in [-0.1, -0.05) is 34.1 Å². The number of benzene rings is 2. The van der Waals surface area contributed by atoms with Gasteiger partial charge in [-0.25, -0.2) is 8.78 Å². The highest BCUT2D eigenvalue weighted by Crippen LogP contribution is 2.23. The van der Waals surface area contributed by atoms with Crippen LogP contribution in [0.1, 0.15) is 0 Å². The average molecular weight is 389 g/mol. The first-order chi connectivity index (χ1) is 11.6. The van der Waals surface area contributed by atoms with Gasteiger partial charge in [0.15, 0.2) is 5.43 Å². The van der Waals surface area contributed by atoms with Crippen LogP contribution in [0.3, 0.4) is 0 Å². The van der Waals surface area contributed by atoms with Crippen LogP contribution in [0.2, 0.25) is 0 Å². The zero-order chi connectivity index (χ0) is 17.1. The van der Waals surface area contributed by atoms with Crippen molar-refractivity contribution >= 4 is 37.7 Å². The molecule has 2 heterocycles. The molecule has 4 rings (SSSR count). The van der Waals surface area contributed by atoms with E-state index in [-0.39, 0.29) is 16.8 Å². The fourth-order valence-corrected chi connectivity index (χ4v) is 2.71. The van der Waals surface area contributed by atoms with Crippen LogP contribution in [-0.2, 0) is 0 Å². The van der Waals surface area contributed by atoms with E-state index < -0.39 is 5.82 Å². The summed E-state index contributed by atoms with van der Waals surface area (Å²) in [4.78, 5) is 17.8. The Bertz CT molecular complexity index is 1040. The molecule has 2 aromatic carbocycles. The second-order valence-electron chi connectivity index (χ2n) is 4.93. The molecule has 2 aromatic heterocycles. The van der Waals surface area contributed by atoms with Crippen LogP contribution in [0.25, 0.3) is 21.8 Å². The smallest absolute Gasteiger partial charge is 0.189 e. The second-order valence-corrected chi connectivity index (χ2v) is 5.79. The van der Waals surface area contributed by atoms with E-state index in [0.29, 0.717) is 10.9 Å². The number of para-hydroxylation sites is 2. The summed E-state index contributed by atoms with van der Waals surface area (Å²) in [7, 11) is 0. The summed E-state index contributed by atoms with van der Waals surface area (Å²) in [5, 5.41) is 1.19. The highest BCUT2D eigenvalue weighted by molar-refractivity contribution is 9.10. The highest BCUT2D eigenvalue weighted by atomic mass is 79.9. The topological polar surface area (TPSA) is 45.8 Å². The van der Waals surface area contributed by atoms with Crippen molar-refractivity contribution in [1.82, 2.24) is 9.97 Å². The Morgan fingerprint density at radius 3 is 2.33 bits per heavy atom. The highest BCUT2D eigenvalue weighted by Gasteiger charge is 2.02. The lowest BCUT2D eigenvalue weighted by molar-refractivity contribution is 0.636. The van der Waals surface area contributed by atoms with Crippen molar-refractivity contribution in [3.05, 3.63) is 87.3 Å². The number of rotatable bonds is 0. The Morgan fingerprint density at radius 1 is 0.917 bits per heavy atom. The molecule has 0 fully saturated rings. The van der Waals surface area contributed by atoms with Crippen LogP contribution in [-0.4, -0.2) is 9.97 Å². The van der Waals surface area contributed by atoms with Crippen LogP contribution in [0.5, 0.6) is 0 Å². The van der Waals surface area contributed by atoms with Gasteiger partial charge in [-0.15, -0.1) is 0 Å². The van der Waals surface area contributed by atoms with E-state index in [4.69, 9.17) is 0 Å². The maximum atomic E-state index is 13.1. The number of hydrogen-bond acceptors (Lipinski definition) is 2. The van der Waals surface area contributed by atoms with Crippen LogP contribution < -0.4 is 5.43 Å². The maximum absolute atomic E-state index is 13.1. The summed E-state index contributed by atoms with van der Waals surface area (Å²) in [6.45, 7) is 0. The third kappa shape index (κ3) is 3.19. The lowest BCUT2D eigenvalue weighted by Crippen LogP contribution is -2.00. The Hall–Kier alpha value is -2.60. The summed E-state index contributed by atoms with van der Waals surface area (Å²) in [5.74, 6) is -0.681. The number of nitrogens with one attached hydrogen (secondary N) is 1. The van der Waals surface area contributed by atoms with Crippen molar-refractivity contribution in [2.24, 2.45) is 0 Å². The Balaban J connectivity index is 0.000000141. The molecule has 0 aliphatic heterocycles. The molecule has 0 aliphatic rings.